The molecule has 0 radical (unpaired) electrons. The van der Waals surface area contributed by atoms with Crippen LogP contribution in [-0.4, -0.2) is 24.2 Å². The third-order valence-electron chi connectivity index (χ3n) is 2.47. The molecule has 0 aromatic heterocycles. The molecule has 1 aromatic carbocycles. The van der Waals surface area contributed by atoms with Gasteiger partial charge in [-0.2, -0.15) is 12.6 Å². The van der Waals surface area contributed by atoms with Gasteiger partial charge < -0.3 is 4.90 Å². The lowest BCUT2D eigenvalue weighted by Gasteiger charge is -2.28. The number of hydrogen-bond donors (Lipinski definition) is 1. The summed E-state index contributed by atoms with van der Waals surface area (Å²) in [5.41, 5.74) is 1.50. The van der Waals surface area contributed by atoms with Gasteiger partial charge in [0.15, 0.2) is 0 Å². The third kappa shape index (κ3) is 4.77. The normalized spacial score (nSPS) is 12.1. The maximum absolute atomic E-state index is 5.96. The molecule has 0 amide bonds. The molecule has 0 unspecified atom stereocenters. The lowest BCUT2D eigenvalue weighted by atomic mass is 9.95. The van der Waals surface area contributed by atoms with Gasteiger partial charge in [-0.05, 0) is 35.9 Å². The summed E-state index contributed by atoms with van der Waals surface area (Å²) in [4.78, 5) is 2.31. The smallest absolute Gasteiger partial charge is 0.0409 e. The van der Waals surface area contributed by atoms with E-state index in [4.69, 9.17) is 11.6 Å². The SMILES string of the molecule is CN(Cc1cccc(Cl)c1)CC(C)(C)CS. The molecule has 3 heteroatoms. The van der Waals surface area contributed by atoms with Gasteiger partial charge in [-0.15, -0.1) is 0 Å². The Morgan fingerprint density at radius 1 is 1.38 bits per heavy atom. The fourth-order valence-corrected chi connectivity index (χ4v) is 2.10. The first kappa shape index (κ1) is 13.9. The van der Waals surface area contributed by atoms with Crippen LogP contribution in [-0.2, 0) is 6.54 Å². The Morgan fingerprint density at radius 3 is 2.62 bits per heavy atom. The number of halogens is 1. The standard InChI is InChI=1S/C13H20ClNS/c1-13(2,10-16)9-15(3)8-11-5-4-6-12(14)7-11/h4-7,16H,8-10H2,1-3H3. The van der Waals surface area contributed by atoms with Crippen molar-refractivity contribution in [2.45, 2.75) is 20.4 Å². The van der Waals surface area contributed by atoms with Crippen LogP contribution in [0.1, 0.15) is 19.4 Å². The van der Waals surface area contributed by atoms with Crippen LogP contribution >= 0.6 is 24.2 Å². The molecule has 0 aliphatic carbocycles. The summed E-state index contributed by atoms with van der Waals surface area (Å²) >= 11 is 10.3. The zero-order valence-corrected chi connectivity index (χ0v) is 11.9. The van der Waals surface area contributed by atoms with Crippen LogP contribution in [0.15, 0.2) is 24.3 Å². The van der Waals surface area contributed by atoms with Crippen LogP contribution in [0.2, 0.25) is 5.02 Å². The highest BCUT2D eigenvalue weighted by molar-refractivity contribution is 7.80. The molecule has 16 heavy (non-hydrogen) atoms. The Morgan fingerprint density at radius 2 is 2.06 bits per heavy atom. The van der Waals surface area contributed by atoms with Gasteiger partial charge in [0.25, 0.3) is 0 Å². The minimum absolute atomic E-state index is 0.246. The molecule has 1 nitrogen and oxygen atoms in total. The summed E-state index contributed by atoms with van der Waals surface area (Å²) in [6.45, 7) is 6.42. The first-order valence-corrected chi connectivity index (χ1v) is 6.48. The molecular formula is C13H20ClNS. The van der Waals surface area contributed by atoms with Crippen molar-refractivity contribution in [3.8, 4) is 0 Å². The highest BCUT2D eigenvalue weighted by Gasteiger charge is 2.18. The zero-order valence-electron chi connectivity index (χ0n) is 10.2. The van der Waals surface area contributed by atoms with Gasteiger partial charge in [-0.1, -0.05) is 37.6 Å². The molecular weight excluding hydrogens is 238 g/mol. The van der Waals surface area contributed by atoms with Gasteiger partial charge in [0.2, 0.25) is 0 Å². The van der Waals surface area contributed by atoms with E-state index in [1.165, 1.54) is 5.56 Å². The molecule has 0 saturated carbocycles. The Labute approximate surface area is 109 Å². The van der Waals surface area contributed by atoms with E-state index in [1.807, 2.05) is 18.2 Å². The van der Waals surface area contributed by atoms with Crippen LogP contribution in [0.4, 0.5) is 0 Å². The summed E-state index contributed by atoms with van der Waals surface area (Å²) in [6.07, 6.45) is 0. The summed E-state index contributed by atoms with van der Waals surface area (Å²) in [7, 11) is 2.13. The number of thiol groups is 1. The van der Waals surface area contributed by atoms with Crippen molar-refractivity contribution in [3.63, 3.8) is 0 Å². The molecule has 0 spiro atoms. The van der Waals surface area contributed by atoms with E-state index >= 15 is 0 Å². The van der Waals surface area contributed by atoms with Crippen molar-refractivity contribution in [1.29, 1.82) is 0 Å². The maximum Gasteiger partial charge on any atom is 0.0409 e. The van der Waals surface area contributed by atoms with Gasteiger partial charge in [0.1, 0.15) is 0 Å². The van der Waals surface area contributed by atoms with Crippen LogP contribution in [0, 0.1) is 5.41 Å². The monoisotopic (exact) mass is 257 g/mol. The second-order valence-corrected chi connectivity index (χ2v) is 5.88. The van der Waals surface area contributed by atoms with E-state index in [0.717, 1.165) is 23.9 Å². The predicted octanol–water partition coefficient (Wildman–Crippen LogP) is 3.73. The first-order valence-electron chi connectivity index (χ1n) is 5.47. The third-order valence-corrected chi connectivity index (χ3v) is 3.56. The fraction of sp³-hybridized carbons (Fsp3) is 0.538. The lowest BCUT2D eigenvalue weighted by molar-refractivity contribution is 0.225. The largest absolute Gasteiger partial charge is 0.302 e. The van der Waals surface area contributed by atoms with Crippen LogP contribution < -0.4 is 0 Å². The fourth-order valence-electron chi connectivity index (χ4n) is 1.78. The van der Waals surface area contributed by atoms with E-state index in [1.54, 1.807) is 0 Å². The second kappa shape index (κ2) is 5.95. The van der Waals surface area contributed by atoms with Crippen molar-refractivity contribution < 1.29 is 0 Å². The van der Waals surface area contributed by atoms with Crippen molar-refractivity contribution >= 4 is 24.2 Å². The molecule has 0 atom stereocenters. The summed E-state index contributed by atoms with van der Waals surface area (Å²) in [5, 5.41) is 0.805. The Kier molecular flexibility index (Phi) is 5.16. The van der Waals surface area contributed by atoms with Crippen molar-refractivity contribution in [3.05, 3.63) is 34.9 Å². The van der Waals surface area contributed by atoms with Crippen LogP contribution in [0.3, 0.4) is 0 Å². The molecule has 0 heterocycles. The molecule has 90 valence electrons. The van der Waals surface area contributed by atoms with E-state index in [0.29, 0.717) is 0 Å². The minimum atomic E-state index is 0.246. The molecule has 0 fully saturated rings. The van der Waals surface area contributed by atoms with Crippen molar-refractivity contribution in [2.75, 3.05) is 19.3 Å². The minimum Gasteiger partial charge on any atom is -0.302 e. The summed E-state index contributed by atoms with van der Waals surface area (Å²) in [5.74, 6) is 0.896. The highest BCUT2D eigenvalue weighted by Crippen LogP contribution is 2.19. The van der Waals surface area contributed by atoms with Gasteiger partial charge in [-0.25, -0.2) is 0 Å². The van der Waals surface area contributed by atoms with Crippen molar-refractivity contribution in [2.24, 2.45) is 5.41 Å². The van der Waals surface area contributed by atoms with Gasteiger partial charge >= 0.3 is 0 Å². The Hall–Kier alpha value is -0.180. The predicted molar refractivity (Wildman–Crippen MR) is 75.4 cm³/mol. The van der Waals surface area contributed by atoms with Crippen LogP contribution in [0.5, 0.6) is 0 Å². The maximum atomic E-state index is 5.96. The van der Waals surface area contributed by atoms with E-state index in [2.05, 4.69) is 44.5 Å². The number of hydrogen-bond acceptors (Lipinski definition) is 2. The average Bonchev–Trinajstić information content (AvgIpc) is 2.16. The average molecular weight is 258 g/mol. The summed E-state index contributed by atoms with van der Waals surface area (Å²) in [6, 6.07) is 8.03. The number of nitrogens with zero attached hydrogens (tertiary/aromatic N) is 1. The topological polar surface area (TPSA) is 3.24 Å². The van der Waals surface area contributed by atoms with E-state index in [9.17, 15) is 0 Å². The first-order chi connectivity index (χ1) is 7.43. The number of rotatable bonds is 5. The molecule has 1 rings (SSSR count). The number of benzene rings is 1. The van der Waals surface area contributed by atoms with E-state index in [-0.39, 0.29) is 5.41 Å². The highest BCUT2D eigenvalue weighted by atomic mass is 35.5. The van der Waals surface area contributed by atoms with E-state index < -0.39 is 0 Å². The lowest BCUT2D eigenvalue weighted by Crippen LogP contribution is -2.32. The molecule has 0 aliphatic rings. The van der Waals surface area contributed by atoms with Gasteiger partial charge in [0.05, 0.1) is 0 Å². The van der Waals surface area contributed by atoms with Gasteiger partial charge in [0, 0.05) is 18.1 Å². The second-order valence-electron chi connectivity index (χ2n) is 5.12. The molecule has 1 aromatic rings. The van der Waals surface area contributed by atoms with Crippen LogP contribution in [0.25, 0.3) is 0 Å². The molecule has 0 saturated heterocycles. The summed E-state index contributed by atoms with van der Waals surface area (Å²) < 4.78 is 0. The Balaban J connectivity index is 2.55. The molecule has 0 aliphatic heterocycles. The quantitative estimate of drug-likeness (QED) is 0.787. The van der Waals surface area contributed by atoms with Gasteiger partial charge in [-0.3, -0.25) is 0 Å². The Bertz CT molecular complexity index is 338. The molecule has 0 N–H and O–H groups in total. The zero-order chi connectivity index (χ0) is 12.2. The molecule has 0 bridgehead atoms. The van der Waals surface area contributed by atoms with Crippen molar-refractivity contribution in [1.82, 2.24) is 4.90 Å².